The smallest absolute Gasteiger partial charge is 0.226 e. The van der Waals surface area contributed by atoms with Gasteiger partial charge in [0.1, 0.15) is 0 Å². The summed E-state index contributed by atoms with van der Waals surface area (Å²) in [6, 6.07) is 14.9. The van der Waals surface area contributed by atoms with Gasteiger partial charge in [0.25, 0.3) is 0 Å². The Kier molecular flexibility index (Phi) is 11.6. The van der Waals surface area contributed by atoms with Crippen LogP contribution < -0.4 is 10.6 Å². The molecule has 0 unspecified atom stereocenters. The number of carbonyl (C=O) groups is 1. The molecule has 2 N–H and O–H groups in total. The van der Waals surface area contributed by atoms with Crippen molar-refractivity contribution in [1.82, 2.24) is 25.1 Å². The summed E-state index contributed by atoms with van der Waals surface area (Å²) in [4.78, 5) is 19.6. The van der Waals surface area contributed by atoms with Crippen LogP contribution >= 0.6 is 35.4 Å². The van der Waals surface area contributed by atoms with Crippen LogP contribution in [0.2, 0.25) is 10.0 Å². The van der Waals surface area contributed by atoms with Gasteiger partial charge in [-0.3, -0.25) is 4.79 Å². The van der Waals surface area contributed by atoms with Gasteiger partial charge in [0, 0.05) is 44.1 Å². The van der Waals surface area contributed by atoms with Crippen molar-refractivity contribution >= 4 is 46.4 Å². The largest absolute Gasteiger partial charge is 0.363 e. The number of aromatic nitrogens is 2. The van der Waals surface area contributed by atoms with E-state index in [0.29, 0.717) is 46.9 Å². The summed E-state index contributed by atoms with van der Waals surface area (Å²) in [5.74, 6) is 0.122. The number of thiocarbonyl (C=S) groups is 1. The van der Waals surface area contributed by atoms with Crippen molar-refractivity contribution in [2.75, 3.05) is 13.1 Å². The minimum Gasteiger partial charge on any atom is -0.363 e. The van der Waals surface area contributed by atoms with E-state index in [4.69, 9.17) is 40.7 Å². The molecule has 1 amide bonds. The van der Waals surface area contributed by atoms with Crippen LogP contribution in [0, 0.1) is 17.2 Å². The molecular formula is C29H34Cl2N6OS. The van der Waals surface area contributed by atoms with Crippen LogP contribution in [0.3, 0.4) is 0 Å². The van der Waals surface area contributed by atoms with Crippen LogP contribution in [0.4, 0.5) is 0 Å². The molecule has 1 aromatic heterocycles. The zero-order valence-electron chi connectivity index (χ0n) is 22.5. The highest BCUT2D eigenvalue weighted by Gasteiger charge is 2.24. The fourth-order valence-electron chi connectivity index (χ4n) is 4.19. The Morgan fingerprint density at radius 1 is 1.21 bits per heavy atom. The second-order valence-electron chi connectivity index (χ2n) is 9.49. The average Bonchev–Trinajstić information content (AvgIpc) is 3.36. The second-order valence-corrected chi connectivity index (χ2v) is 10.7. The molecule has 0 radical (unpaired) electrons. The van der Waals surface area contributed by atoms with E-state index >= 15 is 0 Å². The van der Waals surface area contributed by atoms with Crippen LogP contribution in [-0.4, -0.2) is 44.6 Å². The number of carbonyl (C=O) groups excluding carboxylic acids is 1. The van der Waals surface area contributed by atoms with Gasteiger partial charge in [-0.2, -0.15) is 5.26 Å². The van der Waals surface area contributed by atoms with Gasteiger partial charge >= 0.3 is 0 Å². The number of amides is 1. The summed E-state index contributed by atoms with van der Waals surface area (Å²) in [5.41, 5.74) is 3.31. The molecular weight excluding hydrogens is 551 g/mol. The Bertz CT molecular complexity index is 1300. The fraction of sp³-hybridized carbons (Fsp3) is 0.379. The summed E-state index contributed by atoms with van der Waals surface area (Å²) in [6.07, 6.45) is 4.52. The van der Waals surface area contributed by atoms with Gasteiger partial charge in [0.15, 0.2) is 5.11 Å². The lowest BCUT2D eigenvalue weighted by Gasteiger charge is -2.33. The predicted octanol–water partition coefficient (Wildman–Crippen LogP) is 5.58. The van der Waals surface area contributed by atoms with E-state index in [1.54, 1.807) is 30.7 Å². The molecule has 39 heavy (non-hydrogen) atoms. The maximum absolute atomic E-state index is 13.3. The summed E-state index contributed by atoms with van der Waals surface area (Å²) in [5, 5.41) is 17.1. The van der Waals surface area contributed by atoms with Crippen LogP contribution in [0.1, 0.15) is 49.6 Å². The third-order valence-corrected chi connectivity index (χ3v) is 7.94. The van der Waals surface area contributed by atoms with E-state index in [-0.39, 0.29) is 24.3 Å². The molecule has 1 heterocycles. The van der Waals surface area contributed by atoms with E-state index in [0.717, 1.165) is 23.2 Å². The fourth-order valence-corrected chi connectivity index (χ4v) is 4.85. The minimum atomic E-state index is -0.146. The first-order valence-electron chi connectivity index (χ1n) is 13.0. The lowest BCUT2D eigenvalue weighted by Crippen LogP contribution is -2.51. The number of benzene rings is 2. The molecule has 0 saturated heterocycles. The number of hydrogen-bond donors (Lipinski definition) is 2. The van der Waals surface area contributed by atoms with E-state index in [2.05, 4.69) is 35.5 Å². The number of nitriles is 1. The minimum absolute atomic E-state index is 0.0861. The Labute approximate surface area is 246 Å². The Balaban J connectivity index is 1.73. The number of nitrogens with zero attached hydrogens (tertiary/aromatic N) is 4. The maximum atomic E-state index is 13.3. The quantitative estimate of drug-likeness (QED) is 0.270. The van der Waals surface area contributed by atoms with Crippen molar-refractivity contribution in [3.63, 3.8) is 0 Å². The average molecular weight is 586 g/mol. The number of rotatable bonds is 12. The molecule has 3 aromatic rings. The van der Waals surface area contributed by atoms with Crippen LogP contribution in [0.25, 0.3) is 0 Å². The first-order chi connectivity index (χ1) is 18.7. The van der Waals surface area contributed by atoms with E-state index in [1.165, 1.54) is 0 Å². The Morgan fingerprint density at radius 2 is 1.95 bits per heavy atom. The van der Waals surface area contributed by atoms with Gasteiger partial charge in [-0.1, -0.05) is 67.7 Å². The lowest BCUT2D eigenvalue weighted by molar-refractivity contribution is -0.121. The molecule has 0 bridgehead atoms. The number of halogens is 2. The molecule has 0 saturated carbocycles. The highest BCUT2D eigenvalue weighted by molar-refractivity contribution is 7.80. The van der Waals surface area contributed by atoms with Gasteiger partial charge < -0.3 is 20.1 Å². The van der Waals surface area contributed by atoms with Crippen molar-refractivity contribution in [2.45, 2.75) is 52.7 Å². The first kappa shape index (κ1) is 30.4. The van der Waals surface area contributed by atoms with Crippen molar-refractivity contribution in [3.8, 4) is 6.07 Å². The Hall–Kier alpha value is -3.12. The second kappa shape index (κ2) is 14.9. The molecule has 0 aliphatic rings. The first-order valence-corrected chi connectivity index (χ1v) is 14.1. The van der Waals surface area contributed by atoms with Crippen molar-refractivity contribution in [2.24, 2.45) is 5.92 Å². The zero-order chi connectivity index (χ0) is 28.4. The summed E-state index contributed by atoms with van der Waals surface area (Å²) >= 11 is 18.4. The van der Waals surface area contributed by atoms with E-state index < -0.39 is 0 Å². The van der Waals surface area contributed by atoms with Crippen LogP contribution in [-0.2, 0) is 24.3 Å². The lowest BCUT2D eigenvalue weighted by atomic mass is 9.98. The molecule has 0 aliphatic heterocycles. The summed E-state index contributed by atoms with van der Waals surface area (Å²) in [6.45, 7) is 8.45. The van der Waals surface area contributed by atoms with Gasteiger partial charge in [0.2, 0.25) is 5.91 Å². The summed E-state index contributed by atoms with van der Waals surface area (Å²) in [7, 11) is 0. The third kappa shape index (κ3) is 8.69. The highest BCUT2D eigenvalue weighted by Crippen LogP contribution is 2.27. The SMILES string of the molecule is CCNC(=S)N(Cc1cccc(Cl)c1Cl)C[C@@H](NC(=O)Cc1cncn1Cc1ccc(C#N)cc1)[C@@H](C)CC. The highest BCUT2D eigenvalue weighted by atomic mass is 35.5. The third-order valence-electron chi connectivity index (χ3n) is 6.68. The topological polar surface area (TPSA) is 86.0 Å². The van der Waals surface area contributed by atoms with Crippen molar-refractivity contribution in [1.29, 1.82) is 5.26 Å². The van der Waals surface area contributed by atoms with E-state index in [1.807, 2.05) is 40.7 Å². The maximum Gasteiger partial charge on any atom is 0.226 e. The van der Waals surface area contributed by atoms with Gasteiger partial charge in [-0.15, -0.1) is 0 Å². The number of hydrogen-bond acceptors (Lipinski definition) is 4. The standard InChI is InChI=1S/C29H34Cl2N6OS/c1-4-20(3)26(18-36(29(39)34-5-2)17-23-7-6-8-25(30)28(23)31)35-27(38)13-24-15-33-19-37(24)16-22-11-9-21(14-32)10-12-22/h6-12,15,19-20,26H,4-5,13,16-18H2,1-3H3,(H,34,39)(H,35,38)/t20-,26+/m0/s1. The molecule has 206 valence electrons. The monoisotopic (exact) mass is 584 g/mol. The number of imidazole rings is 1. The van der Waals surface area contributed by atoms with E-state index in [9.17, 15) is 4.79 Å². The van der Waals surface area contributed by atoms with Gasteiger partial charge in [-0.25, -0.2) is 4.98 Å². The molecule has 10 heteroatoms. The van der Waals surface area contributed by atoms with Crippen molar-refractivity contribution < 1.29 is 4.79 Å². The molecule has 0 fully saturated rings. The molecule has 2 aromatic carbocycles. The molecule has 3 rings (SSSR count). The van der Waals surface area contributed by atoms with Crippen LogP contribution in [0.5, 0.6) is 0 Å². The van der Waals surface area contributed by atoms with Gasteiger partial charge in [-0.05, 0) is 54.4 Å². The predicted molar refractivity (Wildman–Crippen MR) is 161 cm³/mol. The van der Waals surface area contributed by atoms with Gasteiger partial charge in [0.05, 0.1) is 34.4 Å². The van der Waals surface area contributed by atoms with Crippen LogP contribution in [0.15, 0.2) is 55.0 Å². The summed E-state index contributed by atoms with van der Waals surface area (Å²) < 4.78 is 1.95. The molecule has 7 nitrogen and oxygen atoms in total. The zero-order valence-corrected chi connectivity index (χ0v) is 24.8. The molecule has 0 aliphatic carbocycles. The normalized spacial score (nSPS) is 12.3. The number of nitrogens with one attached hydrogen (secondary N) is 2. The molecule has 2 atom stereocenters. The molecule has 0 spiro atoms. The Morgan fingerprint density at radius 3 is 2.62 bits per heavy atom. The van der Waals surface area contributed by atoms with Crippen molar-refractivity contribution in [3.05, 3.63) is 87.4 Å².